The number of nitrogens with one attached hydrogen (secondary N) is 2. The third-order valence-corrected chi connectivity index (χ3v) is 4.75. The predicted molar refractivity (Wildman–Crippen MR) is 82.4 cm³/mol. The van der Waals surface area contributed by atoms with E-state index in [0.717, 1.165) is 36.6 Å². The second kappa shape index (κ2) is 7.55. The molecule has 0 radical (unpaired) electrons. The van der Waals surface area contributed by atoms with E-state index in [1.54, 1.807) is 6.33 Å². The Bertz CT molecular complexity index is 393. The largest absolute Gasteiger partial charge is 0.369 e. The molecule has 1 aliphatic heterocycles. The van der Waals surface area contributed by atoms with E-state index in [-0.39, 0.29) is 0 Å². The average Bonchev–Trinajstić information content (AvgIpc) is 2.47. The van der Waals surface area contributed by atoms with Crippen LogP contribution in [0.2, 0.25) is 0 Å². The Balaban J connectivity index is 2.01. The van der Waals surface area contributed by atoms with Gasteiger partial charge in [-0.2, -0.15) is 11.8 Å². The Labute approximate surface area is 119 Å². The molecule has 0 bridgehead atoms. The molecule has 2 rings (SSSR count). The highest BCUT2D eigenvalue weighted by molar-refractivity contribution is 7.99. The van der Waals surface area contributed by atoms with Crippen molar-refractivity contribution in [2.75, 3.05) is 23.0 Å². The first kappa shape index (κ1) is 14.4. The van der Waals surface area contributed by atoms with Crippen LogP contribution in [0.25, 0.3) is 0 Å². The number of anilines is 2. The number of nitrogens with zero attached hydrogens (tertiary/aromatic N) is 2. The smallest absolute Gasteiger partial charge is 0.148 e. The minimum Gasteiger partial charge on any atom is -0.369 e. The standard InChI is InChI=1S/C13H23N5S/c1-2-5-11-12(16-9-17-13(11)18-14)15-8-10-6-3-4-7-19-10/h9-10H,2-8,14H2,1H3,(H2,15,16,17,18). The van der Waals surface area contributed by atoms with Crippen LogP contribution in [-0.2, 0) is 6.42 Å². The quantitative estimate of drug-likeness (QED) is 0.549. The van der Waals surface area contributed by atoms with Gasteiger partial charge in [-0.1, -0.05) is 19.8 Å². The fraction of sp³-hybridized carbons (Fsp3) is 0.692. The van der Waals surface area contributed by atoms with Crippen LogP contribution in [0.5, 0.6) is 0 Å². The molecular formula is C13H23N5S. The summed E-state index contributed by atoms with van der Waals surface area (Å²) >= 11 is 2.07. The van der Waals surface area contributed by atoms with E-state index in [0.29, 0.717) is 5.25 Å². The molecule has 0 spiro atoms. The summed E-state index contributed by atoms with van der Waals surface area (Å²) in [5, 5.41) is 4.18. The molecule has 0 aromatic carbocycles. The summed E-state index contributed by atoms with van der Waals surface area (Å²) < 4.78 is 0. The highest BCUT2D eigenvalue weighted by Gasteiger charge is 2.15. The summed E-state index contributed by atoms with van der Waals surface area (Å²) in [6.07, 6.45) is 7.55. The minimum atomic E-state index is 0.701. The zero-order chi connectivity index (χ0) is 13.5. The van der Waals surface area contributed by atoms with Crippen molar-refractivity contribution < 1.29 is 0 Å². The Hall–Kier alpha value is -1.01. The molecule has 6 heteroatoms. The van der Waals surface area contributed by atoms with Crippen molar-refractivity contribution >= 4 is 23.4 Å². The summed E-state index contributed by atoms with van der Waals surface area (Å²) in [5.74, 6) is 8.46. The first-order valence-electron chi connectivity index (χ1n) is 7.01. The van der Waals surface area contributed by atoms with Gasteiger partial charge >= 0.3 is 0 Å². The fourth-order valence-corrected chi connectivity index (χ4v) is 3.59. The van der Waals surface area contributed by atoms with E-state index in [1.165, 1.54) is 25.0 Å². The van der Waals surface area contributed by atoms with Crippen molar-refractivity contribution in [3.05, 3.63) is 11.9 Å². The molecule has 5 nitrogen and oxygen atoms in total. The van der Waals surface area contributed by atoms with Crippen LogP contribution >= 0.6 is 11.8 Å². The molecule has 1 aromatic rings. The van der Waals surface area contributed by atoms with Crippen molar-refractivity contribution in [2.24, 2.45) is 5.84 Å². The van der Waals surface area contributed by atoms with Crippen molar-refractivity contribution in [3.63, 3.8) is 0 Å². The number of nitrogens with two attached hydrogens (primary N) is 1. The highest BCUT2D eigenvalue weighted by atomic mass is 32.2. The first-order chi connectivity index (χ1) is 9.35. The highest BCUT2D eigenvalue weighted by Crippen LogP contribution is 2.26. The lowest BCUT2D eigenvalue weighted by Crippen LogP contribution is -2.22. The maximum absolute atomic E-state index is 5.52. The Morgan fingerprint density at radius 1 is 1.37 bits per heavy atom. The van der Waals surface area contributed by atoms with E-state index in [4.69, 9.17) is 5.84 Å². The van der Waals surface area contributed by atoms with Gasteiger partial charge in [0.1, 0.15) is 18.0 Å². The third kappa shape index (κ3) is 3.98. The van der Waals surface area contributed by atoms with E-state index in [9.17, 15) is 0 Å². The fourth-order valence-electron chi connectivity index (χ4n) is 2.35. The molecule has 1 atom stereocenters. The molecule has 0 aliphatic carbocycles. The van der Waals surface area contributed by atoms with Crippen molar-refractivity contribution in [2.45, 2.75) is 44.3 Å². The van der Waals surface area contributed by atoms with Crippen molar-refractivity contribution in [1.82, 2.24) is 9.97 Å². The van der Waals surface area contributed by atoms with Gasteiger partial charge in [0.05, 0.1) is 0 Å². The normalized spacial score (nSPS) is 19.2. The number of hydrogen-bond acceptors (Lipinski definition) is 6. The van der Waals surface area contributed by atoms with Gasteiger partial charge < -0.3 is 10.7 Å². The van der Waals surface area contributed by atoms with Crippen LogP contribution in [-0.4, -0.2) is 27.5 Å². The molecule has 1 aliphatic rings. The monoisotopic (exact) mass is 281 g/mol. The number of hydrogen-bond donors (Lipinski definition) is 3. The van der Waals surface area contributed by atoms with Gasteiger partial charge in [-0.3, -0.25) is 0 Å². The molecule has 4 N–H and O–H groups in total. The second-order valence-electron chi connectivity index (χ2n) is 4.81. The lowest BCUT2D eigenvalue weighted by molar-refractivity contribution is 0.676. The summed E-state index contributed by atoms with van der Waals surface area (Å²) in [5.41, 5.74) is 3.75. The molecule has 1 unspecified atom stereocenters. The van der Waals surface area contributed by atoms with Crippen molar-refractivity contribution in [1.29, 1.82) is 0 Å². The molecule has 1 aromatic heterocycles. The van der Waals surface area contributed by atoms with Gasteiger partial charge in [0.25, 0.3) is 0 Å². The topological polar surface area (TPSA) is 75.9 Å². The molecule has 1 saturated heterocycles. The summed E-state index contributed by atoms with van der Waals surface area (Å²) in [6, 6.07) is 0. The van der Waals surface area contributed by atoms with E-state index >= 15 is 0 Å². The molecule has 19 heavy (non-hydrogen) atoms. The number of aromatic nitrogens is 2. The zero-order valence-corrected chi connectivity index (χ0v) is 12.3. The van der Waals surface area contributed by atoms with Gasteiger partial charge in [-0.15, -0.1) is 0 Å². The van der Waals surface area contributed by atoms with Crippen molar-refractivity contribution in [3.8, 4) is 0 Å². The van der Waals surface area contributed by atoms with Crippen LogP contribution in [0.15, 0.2) is 6.33 Å². The van der Waals surface area contributed by atoms with Crippen LogP contribution < -0.4 is 16.6 Å². The zero-order valence-electron chi connectivity index (χ0n) is 11.5. The molecule has 0 amide bonds. The second-order valence-corrected chi connectivity index (χ2v) is 6.22. The Morgan fingerprint density at radius 3 is 2.89 bits per heavy atom. The lowest BCUT2D eigenvalue weighted by atomic mass is 10.1. The number of rotatable bonds is 6. The maximum atomic E-state index is 5.52. The number of thioether (sulfide) groups is 1. The van der Waals surface area contributed by atoms with E-state index < -0.39 is 0 Å². The Morgan fingerprint density at radius 2 is 2.21 bits per heavy atom. The van der Waals surface area contributed by atoms with Gasteiger partial charge in [-0.25, -0.2) is 15.8 Å². The summed E-state index contributed by atoms with van der Waals surface area (Å²) in [6.45, 7) is 3.12. The molecule has 106 valence electrons. The van der Waals surface area contributed by atoms with Gasteiger partial charge in [0.15, 0.2) is 0 Å². The number of nitrogen functional groups attached to an aromatic ring is 1. The van der Waals surface area contributed by atoms with Gasteiger partial charge in [0.2, 0.25) is 0 Å². The first-order valence-corrected chi connectivity index (χ1v) is 8.06. The molecule has 0 saturated carbocycles. The van der Waals surface area contributed by atoms with Crippen LogP contribution in [0.1, 0.15) is 38.2 Å². The maximum Gasteiger partial charge on any atom is 0.148 e. The van der Waals surface area contributed by atoms with Gasteiger partial charge in [0, 0.05) is 17.4 Å². The van der Waals surface area contributed by atoms with E-state index in [2.05, 4.69) is 39.4 Å². The van der Waals surface area contributed by atoms with Crippen LogP contribution in [0, 0.1) is 0 Å². The summed E-state index contributed by atoms with van der Waals surface area (Å²) in [7, 11) is 0. The molecule has 1 fully saturated rings. The van der Waals surface area contributed by atoms with Gasteiger partial charge in [-0.05, 0) is 25.0 Å². The Kier molecular flexibility index (Phi) is 5.72. The lowest BCUT2D eigenvalue weighted by Gasteiger charge is -2.22. The minimum absolute atomic E-state index is 0.701. The molecule has 2 heterocycles. The third-order valence-electron chi connectivity index (χ3n) is 3.35. The number of hydrazine groups is 1. The van der Waals surface area contributed by atoms with Crippen LogP contribution in [0.4, 0.5) is 11.6 Å². The van der Waals surface area contributed by atoms with Crippen LogP contribution in [0.3, 0.4) is 0 Å². The van der Waals surface area contributed by atoms with E-state index in [1.807, 2.05) is 0 Å². The SMILES string of the molecule is CCCc1c(NN)ncnc1NCC1CCCCS1. The predicted octanol–water partition coefficient (Wildman–Crippen LogP) is 2.41. The molecular weight excluding hydrogens is 258 g/mol. The summed E-state index contributed by atoms with van der Waals surface area (Å²) in [4.78, 5) is 8.54. The average molecular weight is 281 g/mol.